The van der Waals surface area contributed by atoms with Crippen LogP contribution in [0.15, 0.2) is 23.6 Å². The Morgan fingerprint density at radius 2 is 2.22 bits per heavy atom. The van der Waals surface area contributed by atoms with Crippen LogP contribution in [-0.4, -0.2) is 47.2 Å². The van der Waals surface area contributed by atoms with Crippen LogP contribution in [0.4, 0.5) is 0 Å². The van der Waals surface area contributed by atoms with Gasteiger partial charge in [-0.15, -0.1) is 11.3 Å². The quantitative estimate of drug-likeness (QED) is 0.819. The molecule has 1 aromatic heterocycles. The van der Waals surface area contributed by atoms with Gasteiger partial charge in [-0.2, -0.15) is 0 Å². The molecular weight excluding hydrogens is 364 g/mol. The second-order valence-corrected chi connectivity index (χ2v) is 8.42. The molecule has 2 aliphatic heterocycles. The van der Waals surface area contributed by atoms with E-state index < -0.39 is 5.97 Å². The SMILES string of the molecule is Cc1nc(COc2ccc3c(c2)OCC32CCN(CCC(=O)O)CC2)cs1. The lowest BCUT2D eigenvalue weighted by atomic mass is 9.74. The van der Waals surface area contributed by atoms with Crippen molar-refractivity contribution in [3.63, 3.8) is 0 Å². The number of thiazole rings is 1. The lowest BCUT2D eigenvalue weighted by molar-refractivity contribution is -0.137. The summed E-state index contributed by atoms with van der Waals surface area (Å²) in [6, 6.07) is 6.14. The molecule has 0 radical (unpaired) electrons. The minimum absolute atomic E-state index is 0.0552. The number of fused-ring (bicyclic) bond motifs is 2. The zero-order valence-corrected chi connectivity index (χ0v) is 16.3. The van der Waals surface area contributed by atoms with Gasteiger partial charge >= 0.3 is 5.97 Å². The maximum absolute atomic E-state index is 10.8. The van der Waals surface area contributed by atoms with Crippen LogP contribution in [0.2, 0.25) is 0 Å². The summed E-state index contributed by atoms with van der Waals surface area (Å²) in [5.41, 5.74) is 2.26. The fourth-order valence-corrected chi connectivity index (χ4v) is 4.54. The topological polar surface area (TPSA) is 71.9 Å². The Kier molecular flexibility index (Phi) is 5.06. The third-order valence-electron chi connectivity index (χ3n) is 5.54. The first kappa shape index (κ1) is 18.3. The number of carbonyl (C=O) groups is 1. The Morgan fingerprint density at radius 3 is 2.93 bits per heavy atom. The number of nitrogens with zero attached hydrogens (tertiary/aromatic N) is 2. The molecule has 3 heterocycles. The summed E-state index contributed by atoms with van der Waals surface area (Å²) in [6.45, 7) is 5.61. The van der Waals surface area contributed by atoms with Crippen LogP contribution >= 0.6 is 11.3 Å². The van der Waals surface area contributed by atoms with Crippen LogP contribution in [0.3, 0.4) is 0 Å². The van der Waals surface area contributed by atoms with E-state index >= 15 is 0 Å². The van der Waals surface area contributed by atoms with Crippen molar-refractivity contribution in [1.29, 1.82) is 0 Å². The Balaban J connectivity index is 1.39. The molecule has 7 heteroatoms. The van der Waals surface area contributed by atoms with E-state index in [-0.39, 0.29) is 11.8 Å². The molecule has 27 heavy (non-hydrogen) atoms. The maximum atomic E-state index is 10.8. The lowest BCUT2D eigenvalue weighted by Gasteiger charge is -2.38. The van der Waals surface area contributed by atoms with Gasteiger partial charge in [0.2, 0.25) is 0 Å². The van der Waals surface area contributed by atoms with E-state index in [4.69, 9.17) is 14.6 Å². The van der Waals surface area contributed by atoms with Gasteiger partial charge in [-0.1, -0.05) is 6.07 Å². The molecule has 0 saturated carbocycles. The lowest BCUT2D eigenvalue weighted by Crippen LogP contribution is -2.44. The van der Waals surface area contributed by atoms with E-state index in [1.807, 2.05) is 24.4 Å². The number of benzene rings is 1. The zero-order chi connectivity index (χ0) is 18.9. The van der Waals surface area contributed by atoms with Crippen molar-refractivity contribution >= 4 is 17.3 Å². The van der Waals surface area contributed by atoms with Crippen molar-refractivity contribution in [3.05, 3.63) is 39.8 Å². The van der Waals surface area contributed by atoms with Gasteiger partial charge in [-0.25, -0.2) is 4.98 Å². The summed E-state index contributed by atoms with van der Waals surface area (Å²) >= 11 is 1.63. The van der Waals surface area contributed by atoms with Gasteiger partial charge < -0.3 is 19.5 Å². The summed E-state index contributed by atoms with van der Waals surface area (Å²) in [5.74, 6) is 0.987. The molecular formula is C20H24N2O4S. The normalized spacial score (nSPS) is 18.3. The van der Waals surface area contributed by atoms with E-state index in [0.29, 0.717) is 19.8 Å². The number of hydrogen-bond acceptors (Lipinski definition) is 6. The van der Waals surface area contributed by atoms with Crippen LogP contribution in [0.25, 0.3) is 0 Å². The third kappa shape index (κ3) is 3.94. The smallest absolute Gasteiger partial charge is 0.304 e. The minimum atomic E-state index is -0.731. The molecule has 1 aromatic carbocycles. The van der Waals surface area contributed by atoms with Crippen molar-refractivity contribution in [2.45, 2.75) is 38.2 Å². The summed E-state index contributed by atoms with van der Waals surface area (Å²) in [6.07, 6.45) is 2.20. The monoisotopic (exact) mass is 388 g/mol. The Hall–Kier alpha value is -2.12. The predicted octanol–water partition coefficient (Wildman–Crippen LogP) is 3.23. The highest BCUT2D eigenvalue weighted by molar-refractivity contribution is 7.09. The molecule has 1 fully saturated rings. The number of ether oxygens (including phenoxy) is 2. The van der Waals surface area contributed by atoms with Crippen LogP contribution in [-0.2, 0) is 16.8 Å². The highest BCUT2D eigenvalue weighted by atomic mass is 32.1. The maximum Gasteiger partial charge on any atom is 0.304 e. The number of hydrogen-bond donors (Lipinski definition) is 1. The number of rotatable bonds is 6. The number of carboxylic acids is 1. The highest BCUT2D eigenvalue weighted by Crippen LogP contribution is 2.46. The largest absolute Gasteiger partial charge is 0.492 e. The molecule has 2 aliphatic rings. The summed E-state index contributed by atoms with van der Waals surface area (Å²) < 4.78 is 11.9. The van der Waals surface area contributed by atoms with Crippen molar-refractivity contribution in [3.8, 4) is 11.5 Å². The van der Waals surface area contributed by atoms with Gasteiger partial charge in [0.1, 0.15) is 18.1 Å². The molecule has 0 bridgehead atoms. The van der Waals surface area contributed by atoms with Crippen LogP contribution in [0.1, 0.15) is 35.5 Å². The average Bonchev–Trinajstić information content (AvgIpc) is 3.23. The zero-order valence-electron chi connectivity index (χ0n) is 15.4. The first-order chi connectivity index (χ1) is 13.0. The second-order valence-electron chi connectivity index (χ2n) is 7.36. The molecule has 0 unspecified atom stereocenters. The van der Waals surface area contributed by atoms with Gasteiger partial charge in [0.15, 0.2) is 0 Å². The molecule has 4 rings (SSSR count). The molecule has 1 N–H and O–H groups in total. The highest BCUT2D eigenvalue weighted by Gasteiger charge is 2.43. The number of likely N-dealkylation sites (tertiary alicyclic amines) is 1. The number of aliphatic carboxylic acids is 1. The molecule has 2 aromatic rings. The summed E-state index contributed by atoms with van der Waals surface area (Å²) in [7, 11) is 0. The number of carboxylic acid groups (broad SMARTS) is 1. The summed E-state index contributed by atoms with van der Waals surface area (Å²) in [5, 5.41) is 11.9. The van der Waals surface area contributed by atoms with E-state index in [1.54, 1.807) is 11.3 Å². The van der Waals surface area contributed by atoms with Crippen molar-refractivity contribution in [2.24, 2.45) is 0 Å². The molecule has 1 spiro atoms. The molecule has 144 valence electrons. The van der Waals surface area contributed by atoms with Gasteiger partial charge in [-0.05, 0) is 38.9 Å². The fourth-order valence-electron chi connectivity index (χ4n) is 3.95. The Morgan fingerprint density at radius 1 is 1.41 bits per heavy atom. The predicted molar refractivity (Wildman–Crippen MR) is 103 cm³/mol. The average molecular weight is 388 g/mol. The molecule has 0 aliphatic carbocycles. The van der Waals surface area contributed by atoms with E-state index in [1.165, 1.54) is 5.56 Å². The van der Waals surface area contributed by atoms with E-state index in [2.05, 4.69) is 16.0 Å². The summed E-state index contributed by atoms with van der Waals surface area (Å²) in [4.78, 5) is 17.4. The first-order valence-corrected chi connectivity index (χ1v) is 10.2. The van der Waals surface area contributed by atoms with Gasteiger partial charge in [0.25, 0.3) is 0 Å². The second kappa shape index (κ2) is 7.48. The molecule has 6 nitrogen and oxygen atoms in total. The van der Waals surface area contributed by atoms with Crippen LogP contribution in [0, 0.1) is 6.92 Å². The Labute approximate surface area is 162 Å². The number of aromatic nitrogens is 1. The van der Waals surface area contributed by atoms with Crippen molar-refractivity contribution in [1.82, 2.24) is 9.88 Å². The van der Waals surface area contributed by atoms with Gasteiger partial charge in [0, 0.05) is 29.0 Å². The van der Waals surface area contributed by atoms with Crippen LogP contribution in [0.5, 0.6) is 11.5 Å². The number of piperidine rings is 1. The third-order valence-corrected chi connectivity index (χ3v) is 6.36. The van der Waals surface area contributed by atoms with E-state index in [0.717, 1.165) is 48.1 Å². The van der Waals surface area contributed by atoms with Crippen LogP contribution < -0.4 is 9.47 Å². The molecule has 0 atom stereocenters. The minimum Gasteiger partial charge on any atom is -0.492 e. The number of aryl methyl sites for hydroxylation is 1. The molecule has 1 saturated heterocycles. The Bertz CT molecular complexity index is 827. The fraction of sp³-hybridized carbons (Fsp3) is 0.500. The molecule has 0 amide bonds. The van der Waals surface area contributed by atoms with Crippen molar-refractivity contribution < 1.29 is 19.4 Å². The van der Waals surface area contributed by atoms with Crippen molar-refractivity contribution in [2.75, 3.05) is 26.2 Å². The van der Waals surface area contributed by atoms with E-state index in [9.17, 15) is 4.79 Å². The first-order valence-electron chi connectivity index (χ1n) is 9.29. The standard InChI is InChI=1S/C20H24N2O4S/c1-14-21-15(12-27-14)11-25-16-2-3-17-18(10-16)26-13-20(17)5-8-22(9-6-20)7-4-19(23)24/h2-3,10,12H,4-9,11,13H2,1H3,(H,23,24). The van der Waals surface area contributed by atoms with Gasteiger partial charge in [-0.3, -0.25) is 4.79 Å². The van der Waals surface area contributed by atoms with Gasteiger partial charge in [0.05, 0.1) is 23.7 Å².